The number of hydrogen-bond acceptors (Lipinski definition) is 5. The zero-order valence-corrected chi connectivity index (χ0v) is 13.1. The Morgan fingerprint density at radius 1 is 1.04 bits per heavy atom. The first kappa shape index (κ1) is 14.7. The molecule has 0 saturated carbocycles. The molecule has 1 fully saturated rings. The molecule has 24 heavy (non-hydrogen) atoms. The van der Waals surface area contributed by atoms with Crippen LogP contribution in [0.5, 0.6) is 5.75 Å². The molecule has 3 aromatic rings. The van der Waals surface area contributed by atoms with E-state index in [0.29, 0.717) is 17.7 Å². The second-order valence-electron chi connectivity index (χ2n) is 5.90. The molecule has 0 bridgehead atoms. The summed E-state index contributed by atoms with van der Waals surface area (Å²) in [6, 6.07) is 13.0. The molecule has 122 valence electrons. The highest BCUT2D eigenvalue weighted by atomic mass is 16.6. The highest BCUT2D eigenvalue weighted by Gasteiger charge is 2.19. The minimum Gasteiger partial charge on any atom is -0.489 e. The predicted octanol–water partition coefficient (Wildman–Crippen LogP) is 3.04. The van der Waals surface area contributed by atoms with Crippen molar-refractivity contribution in [2.75, 3.05) is 13.1 Å². The first-order valence-corrected chi connectivity index (χ1v) is 8.03. The number of carbonyl (C=O) groups excluding carboxylic acids is 1. The van der Waals surface area contributed by atoms with Crippen molar-refractivity contribution in [2.24, 2.45) is 0 Å². The molecule has 0 atom stereocenters. The molecule has 1 amide bonds. The summed E-state index contributed by atoms with van der Waals surface area (Å²) in [4.78, 5) is 14.2. The molecule has 1 aliphatic rings. The van der Waals surface area contributed by atoms with Crippen molar-refractivity contribution >= 4 is 16.9 Å². The van der Waals surface area contributed by atoms with Gasteiger partial charge in [-0.2, -0.15) is 0 Å². The molecule has 2 aromatic carbocycles. The minimum atomic E-state index is 0.100. The molecule has 6 nitrogen and oxygen atoms in total. The fourth-order valence-corrected chi connectivity index (χ4v) is 2.88. The Kier molecular flexibility index (Phi) is 3.86. The smallest absolute Gasteiger partial charge is 0.253 e. The molecule has 1 aliphatic heterocycles. The highest BCUT2D eigenvalue weighted by Crippen LogP contribution is 2.18. The van der Waals surface area contributed by atoms with Crippen LogP contribution < -0.4 is 4.74 Å². The van der Waals surface area contributed by atoms with E-state index in [-0.39, 0.29) is 5.91 Å². The predicted molar refractivity (Wildman–Crippen MR) is 87.7 cm³/mol. The Bertz CT molecular complexity index is 851. The minimum absolute atomic E-state index is 0.100. The fraction of sp³-hybridized carbons (Fsp3) is 0.278. The highest BCUT2D eigenvalue weighted by molar-refractivity contribution is 5.94. The van der Waals surface area contributed by atoms with Crippen molar-refractivity contribution in [1.82, 2.24) is 15.2 Å². The van der Waals surface area contributed by atoms with Gasteiger partial charge in [-0.1, -0.05) is 6.07 Å². The van der Waals surface area contributed by atoms with Gasteiger partial charge in [0.25, 0.3) is 5.91 Å². The standard InChI is InChI=1S/C18H17N3O3/c22-18(21-9-1-2-10-21)14-4-6-15(7-5-14)23-12-13-3-8-16-17(11-13)20-24-19-16/h3-8,11H,1-2,9-10,12H2. The lowest BCUT2D eigenvalue weighted by Crippen LogP contribution is -2.27. The Labute approximate surface area is 139 Å². The molecule has 0 aliphatic carbocycles. The zero-order valence-electron chi connectivity index (χ0n) is 13.1. The lowest BCUT2D eigenvalue weighted by atomic mass is 10.2. The molecule has 0 radical (unpaired) electrons. The summed E-state index contributed by atoms with van der Waals surface area (Å²) in [7, 11) is 0. The number of amides is 1. The average Bonchev–Trinajstić information content (AvgIpc) is 3.31. The van der Waals surface area contributed by atoms with Crippen LogP contribution in [0.4, 0.5) is 0 Å². The largest absolute Gasteiger partial charge is 0.489 e. The van der Waals surface area contributed by atoms with Gasteiger partial charge in [0, 0.05) is 18.7 Å². The summed E-state index contributed by atoms with van der Waals surface area (Å²) in [5, 5.41) is 7.59. The number of rotatable bonds is 4. The average molecular weight is 323 g/mol. The molecule has 0 N–H and O–H groups in total. The second-order valence-corrected chi connectivity index (χ2v) is 5.90. The van der Waals surface area contributed by atoms with E-state index in [4.69, 9.17) is 4.74 Å². The number of carbonyl (C=O) groups is 1. The van der Waals surface area contributed by atoms with Crippen LogP contribution in [0.25, 0.3) is 11.0 Å². The third-order valence-corrected chi connectivity index (χ3v) is 4.22. The quantitative estimate of drug-likeness (QED) is 0.738. The van der Waals surface area contributed by atoms with E-state index in [0.717, 1.165) is 42.8 Å². The molecular weight excluding hydrogens is 306 g/mol. The lowest BCUT2D eigenvalue weighted by Gasteiger charge is -2.15. The zero-order chi connectivity index (χ0) is 16.4. The van der Waals surface area contributed by atoms with Crippen molar-refractivity contribution in [2.45, 2.75) is 19.4 Å². The summed E-state index contributed by atoms with van der Waals surface area (Å²) in [5.41, 5.74) is 3.13. The van der Waals surface area contributed by atoms with Crippen molar-refractivity contribution in [1.29, 1.82) is 0 Å². The van der Waals surface area contributed by atoms with Crippen LogP contribution in [-0.2, 0) is 6.61 Å². The third kappa shape index (κ3) is 2.95. The van der Waals surface area contributed by atoms with Gasteiger partial charge >= 0.3 is 0 Å². The van der Waals surface area contributed by atoms with Crippen LogP contribution in [0.2, 0.25) is 0 Å². The number of nitrogens with zero attached hydrogens (tertiary/aromatic N) is 3. The van der Waals surface area contributed by atoms with Gasteiger partial charge in [0.15, 0.2) is 0 Å². The molecule has 0 spiro atoms. The number of ether oxygens (including phenoxy) is 1. The number of fused-ring (bicyclic) bond motifs is 1. The Morgan fingerprint density at radius 2 is 1.79 bits per heavy atom. The number of likely N-dealkylation sites (tertiary alicyclic amines) is 1. The number of hydrogen-bond donors (Lipinski definition) is 0. The van der Waals surface area contributed by atoms with Crippen molar-refractivity contribution in [3.63, 3.8) is 0 Å². The topological polar surface area (TPSA) is 68.5 Å². The van der Waals surface area contributed by atoms with Gasteiger partial charge in [-0.05, 0) is 65.1 Å². The van der Waals surface area contributed by atoms with E-state index in [9.17, 15) is 4.79 Å². The third-order valence-electron chi connectivity index (χ3n) is 4.22. The van der Waals surface area contributed by atoms with Gasteiger partial charge in [-0.15, -0.1) is 0 Å². The molecule has 1 aromatic heterocycles. The van der Waals surface area contributed by atoms with Gasteiger partial charge in [0.2, 0.25) is 0 Å². The first-order chi connectivity index (χ1) is 11.8. The van der Waals surface area contributed by atoms with Gasteiger partial charge in [0.1, 0.15) is 23.4 Å². The Hall–Kier alpha value is -2.89. The maximum Gasteiger partial charge on any atom is 0.253 e. The first-order valence-electron chi connectivity index (χ1n) is 8.03. The fourth-order valence-electron chi connectivity index (χ4n) is 2.88. The van der Waals surface area contributed by atoms with Gasteiger partial charge < -0.3 is 9.64 Å². The maximum atomic E-state index is 12.3. The van der Waals surface area contributed by atoms with Crippen LogP contribution >= 0.6 is 0 Å². The van der Waals surface area contributed by atoms with E-state index < -0.39 is 0 Å². The molecule has 0 unspecified atom stereocenters. The summed E-state index contributed by atoms with van der Waals surface area (Å²) in [6.45, 7) is 2.13. The monoisotopic (exact) mass is 323 g/mol. The summed E-state index contributed by atoms with van der Waals surface area (Å²) >= 11 is 0. The SMILES string of the molecule is O=C(c1ccc(OCc2ccc3nonc3c2)cc1)N1CCCC1. The van der Waals surface area contributed by atoms with Crippen molar-refractivity contribution in [3.8, 4) is 5.75 Å². The van der Waals surface area contributed by atoms with E-state index in [2.05, 4.69) is 14.9 Å². The van der Waals surface area contributed by atoms with Gasteiger partial charge in [-0.3, -0.25) is 4.79 Å². The van der Waals surface area contributed by atoms with E-state index >= 15 is 0 Å². The molecular formula is C18H17N3O3. The van der Waals surface area contributed by atoms with E-state index in [1.807, 2.05) is 47.4 Å². The van der Waals surface area contributed by atoms with Crippen LogP contribution in [0.3, 0.4) is 0 Å². The lowest BCUT2D eigenvalue weighted by molar-refractivity contribution is 0.0793. The number of aromatic nitrogens is 2. The number of benzene rings is 2. The van der Waals surface area contributed by atoms with Gasteiger partial charge in [0.05, 0.1) is 0 Å². The summed E-state index contributed by atoms with van der Waals surface area (Å²) < 4.78 is 10.5. The van der Waals surface area contributed by atoms with Crippen molar-refractivity contribution in [3.05, 3.63) is 53.6 Å². The molecule has 6 heteroatoms. The van der Waals surface area contributed by atoms with Gasteiger partial charge in [-0.25, -0.2) is 4.63 Å². The van der Waals surface area contributed by atoms with Crippen LogP contribution in [0, 0.1) is 0 Å². The molecule has 2 heterocycles. The molecule has 4 rings (SSSR count). The van der Waals surface area contributed by atoms with E-state index in [1.165, 1.54) is 0 Å². The van der Waals surface area contributed by atoms with Crippen LogP contribution in [0.15, 0.2) is 47.1 Å². The Morgan fingerprint density at radius 3 is 2.58 bits per heavy atom. The van der Waals surface area contributed by atoms with E-state index in [1.54, 1.807) is 0 Å². The second kappa shape index (κ2) is 6.31. The van der Waals surface area contributed by atoms with Crippen molar-refractivity contribution < 1.29 is 14.2 Å². The molecule has 1 saturated heterocycles. The van der Waals surface area contributed by atoms with Crippen LogP contribution in [0.1, 0.15) is 28.8 Å². The summed E-state index contributed by atoms with van der Waals surface area (Å²) in [5.74, 6) is 0.828. The Balaban J connectivity index is 1.40. The van der Waals surface area contributed by atoms with Crippen LogP contribution in [-0.4, -0.2) is 34.2 Å². The summed E-state index contributed by atoms with van der Waals surface area (Å²) in [6.07, 6.45) is 2.19. The maximum absolute atomic E-state index is 12.3. The normalized spacial score (nSPS) is 14.2.